The molecule has 1 aromatic heterocycles. The maximum Gasteiger partial charge on any atom is 0.256 e. The van der Waals surface area contributed by atoms with Gasteiger partial charge in [0.25, 0.3) is 11.8 Å². The van der Waals surface area contributed by atoms with E-state index in [0.29, 0.717) is 52.3 Å². The standard InChI is InChI=1S/C43H51N3O5/c1-25-16-26(2)24-46(23-25)42(48)29-15-14-27(3)35(21-29)45-41(47)38-32-12-10-11-13-34(32)44-39-30(20-31(22-33(38)39)43(4,5)6)17-28-18-36(49-7)40(51-9)37(19-28)50-8/h10-15,17-19,21,25-26,31H,16,20,22-24H2,1-9H3,(H,45,47)/b30-17-. The van der Waals surface area contributed by atoms with Gasteiger partial charge < -0.3 is 24.4 Å². The van der Waals surface area contributed by atoms with Gasteiger partial charge in [-0.3, -0.25) is 9.59 Å². The van der Waals surface area contributed by atoms with Crippen LogP contribution in [-0.4, -0.2) is 56.1 Å². The molecule has 0 radical (unpaired) electrons. The van der Waals surface area contributed by atoms with Crippen LogP contribution in [-0.2, 0) is 6.42 Å². The number of ether oxygens (including phenoxy) is 3. The van der Waals surface area contributed by atoms with Gasteiger partial charge in [-0.2, -0.15) is 0 Å². The average molecular weight is 690 g/mol. The Balaban J connectivity index is 1.46. The molecule has 8 nitrogen and oxygen atoms in total. The van der Waals surface area contributed by atoms with Gasteiger partial charge in [-0.15, -0.1) is 0 Å². The highest BCUT2D eigenvalue weighted by Gasteiger charge is 2.35. The van der Waals surface area contributed by atoms with Crippen molar-refractivity contribution in [3.8, 4) is 17.2 Å². The van der Waals surface area contributed by atoms with Crippen LogP contribution in [0.1, 0.15) is 90.6 Å². The molecule has 1 fully saturated rings. The molecule has 0 spiro atoms. The number of allylic oxidation sites excluding steroid dienone is 1. The molecule has 268 valence electrons. The van der Waals surface area contributed by atoms with Crippen LogP contribution in [0.25, 0.3) is 22.6 Å². The summed E-state index contributed by atoms with van der Waals surface area (Å²) in [6.45, 7) is 14.6. The number of amides is 2. The summed E-state index contributed by atoms with van der Waals surface area (Å²) in [5, 5.41) is 4.04. The molecule has 4 aromatic rings. The number of aromatic nitrogens is 1. The second-order valence-corrected chi connectivity index (χ2v) is 15.6. The number of aryl methyl sites for hydroxylation is 1. The van der Waals surface area contributed by atoms with Crippen LogP contribution in [0.3, 0.4) is 0 Å². The number of benzene rings is 3. The highest BCUT2D eigenvalue weighted by molar-refractivity contribution is 6.15. The lowest BCUT2D eigenvalue weighted by Gasteiger charge is -2.37. The van der Waals surface area contributed by atoms with Crippen molar-refractivity contribution in [2.24, 2.45) is 23.2 Å². The predicted molar refractivity (Wildman–Crippen MR) is 205 cm³/mol. The van der Waals surface area contributed by atoms with E-state index in [-0.39, 0.29) is 23.1 Å². The molecule has 6 rings (SSSR count). The molecular formula is C43H51N3O5. The Morgan fingerprint density at radius 1 is 0.902 bits per heavy atom. The second kappa shape index (κ2) is 14.4. The Kier molecular flexibility index (Phi) is 10.2. The van der Waals surface area contributed by atoms with Crippen molar-refractivity contribution < 1.29 is 23.8 Å². The van der Waals surface area contributed by atoms with Crippen molar-refractivity contribution in [3.63, 3.8) is 0 Å². The van der Waals surface area contributed by atoms with Crippen LogP contribution in [0.5, 0.6) is 17.2 Å². The van der Waals surface area contributed by atoms with Gasteiger partial charge in [-0.1, -0.05) is 58.9 Å². The van der Waals surface area contributed by atoms with Crippen molar-refractivity contribution in [1.29, 1.82) is 0 Å². The Hall–Kier alpha value is -4.85. The molecule has 2 amide bonds. The fraction of sp³-hybridized carbons (Fsp3) is 0.419. The van der Waals surface area contributed by atoms with Gasteiger partial charge in [0.15, 0.2) is 11.5 Å². The van der Waals surface area contributed by atoms with Crippen LogP contribution in [0.15, 0.2) is 54.6 Å². The summed E-state index contributed by atoms with van der Waals surface area (Å²) >= 11 is 0. The number of rotatable bonds is 7. The summed E-state index contributed by atoms with van der Waals surface area (Å²) < 4.78 is 16.9. The number of nitrogens with zero attached hydrogens (tertiary/aromatic N) is 2. The normalized spacial score (nSPS) is 19.8. The van der Waals surface area contributed by atoms with Crippen LogP contribution < -0.4 is 19.5 Å². The number of methoxy groups -OCH3 is 3. The van der Waals surface area contributed by atoms with Crippen molar-refractivity contribution in [3.05, 3.63) is 88.1 Å². The highest BCUT2D eigenvalue weighted by Crippen LogP contribution is 2.46. The first-order valence-corrected chi connectivity index (χ1v) is 17.9. The van der Waals surface area contributed by atoms with E-state index in [9.17, 15) is 9.59 Å². The maximum absolute atomic E-state index is 14.7. The summed E-state index contributed by atoms with van der Waals surface area (Å²) in [5.74, 6) is 2.62. The van der Waals surface area contributed by atoms with E-state index in [2.05, 4.69) is 46.0 Å². The zero-order valence-corrected chi connectivity index (χ0v) is 31.5. The third kappa shape index (κ3) is 7.32. The number of piperidine rings is 1. The molecule has 0 saturated carbocycles. The number of nitrogens with one attached hydrogen (secondary N) is 1. The Labute approximate surface area is 302 Å². The first-order chi connectivity index (χ1) is 24.3. The molecule has 1 aliphatic carbocycles. The van der Waals surface area contributed by atoms with Gasteiger partial charge in [-0.25, -0.2) is 4.98 Å². The third-order valence-electron chi connectivity index (χ3n) is 10.6. The van der Waals surface area contributed by atoms with Crippen molar-refractivity contribution in [1.82, 2.24) is 9.88 Å². The monoisotopic (exact) mass is 689 g/mol. The molecule has 2 heterocycles. The number of anilines is 1. The Bertz CT molecular complexity index is 1970. The largest absolute Gasteiger partial charge is 0.493 e. The van der Waals surface area contributed by atoms with Crippen LogP contribution >= 0.6 is 0 Å². The topological polar surface area (TPSA) is 90.0 Å². The predicted octanol–water partition coefficient (Wildman–Crippen LogP) is 9.09. The lowest BCUT2D eigenvalue weighted by Crippen LogP contribution is -2.42. The van der Waals surface area contributed by atoms with Crippen LogP contribution in [0, 0.1) is 30.1 Å². The minimum atomic E-state index is -0.209. The van der Waals surface area contributed by atoms with Crippen molar-refractivity contribution >= 4 is 40.1 Å². The van der Waals surface area contributed by atoms with Crippen molar-refractivity contribution in [2.45, 2.75) is 60.8 Å². The van der Waals surface area contributed by atoms with Gasteiger partial charge in [0, 0.05) is 29.7 Å². The third-order valence-corrected chi connectivity index (χ3v) is 10.6. The minimum absolute atomic E-state index is 0.00484. The zero-order chi connectivity index (χ0) is 36.6. The van der Waals surface area contributed by atoms with Gasteiger partial charge in [-0.05, 0) is 108 Å². The maximum atomic E-state index is 14.7. The van der Waals surface area contributed by atoms with Gasteiger partial charge in [0.05, 0.1) is 38.1 Å². The number of fused-ring (bicyclic) bond motifs is 2. The minimum Gasteiger partial charge on any atom is -0.493 e. The quantitative estimate of drug-likeness (QED) is 0.208. The number of para-hydroxylation sites is 1. The molecule has 1 saturated heterocycles. The molecule has 1 aliphatic heterocycles. The van der Waals surface area contributed by atoms with Gasteiger partial charge in [0.2, 0.25) is 5.75 Å². The first-order valence-electron chi connectivity index (χ1n) is 17.9. The van der Waals surface area contributed by atoms with E-state index in [1.54, 1.807) is 21.3 Å². The Morgan fingerprint density at radius 3 is 2.20 bits per heavy atom. The number of likely N-dealkylation sites (tertiary alicyclic amines) is 1. The molecule has 3 unspecified atom stereocenters. The fourth-order valence-corrected chi connectivity index (χ4v) is 7.87. The van der Waals surface area contributed by atoms with E-state index in [0.717, 1.165) is 64.8 Å². The summed E-state index contributed by atoms with van der Waals surface area (Å²) in [4.78, 5) is 35.5. The summed E-state index contributed by atoms with van der Waals surface area (Å²) in [7, 11) is 4.82. The molecule has 2 aliphatic rings. The molecule has 1 N–H and O–H groups in total. The molecule has 0 bridgehead atoms. The second-order valence-electron chi connectivity index (χ2n) is 15.6. The highest BCUT2D eigenvalue weighted by atomic mass is 16.5. The zero-order valence-electron chi connectivity index (χ0n) is 31.5. The molecule has 8 heteroatoms. The lowest BCUT2D eigenvalue weighted by molar-refractivity contribution is 0.0623. The molecular weight excluding hydrogens is 638 g/mol. The Morgan fingerprint density at radius 2 is 1.57 bits per heavy atom. The summed E-state index contributed by atoms with van der Waals surface area (Å²) in [5.41, 5.74) is 7.12. The first kappa shape index (κ1) is 36.0. The number of hydrogen-bond donors (Lipinski definition) is 1. The SMILES string of the molecule is COc1cc(/C=C2/CC(C(C)(C)C)Cc3c2nc2ccccc2c3C(=O)Nc2cc(C(=O)N3CC(C)CC(C)C3)ccc2C)cc(OC)c1OC. The number of carbonyl (C=O) groups is 2. The lowest BCUT2D eigenvalue weighted by atomic mass is 9.69. The van der Waals surface area contributed by atoms with Crippen molar-refractivity contribution in [2.75, 3.05) is 39.7 Å². The number of carbonyl (C=O) groups excluding carboxylic acids is 2. The van der Waals surface area contributed by atoms with E-state index in [1.165, 1.54) is 0 Å². The summed E-state index contributed by atoms with van der Waals surface area (Å²) in [6, 6.07) is 17.4. The van der Waals surface area contributed by atoms with Gasteiger partial charge >= 0.3 is 0 Å². The fourth-order valence-electron chi connectivity index (χ4n) is 7.87. The van der Waals surface area contributed by atoms with E-state index in [1.807, 2.05) is 66.4 Å². The van der Waals surface area contributed by atoms with E-state index >= 15 is 0 Å². The van der Waals surface area contributed by atoms with E-state index in [4.69, 9.17) is 19.2 Å². The van der Waals surface area contributed by atoms with Gasteiger partial charge in [0.1, 0.15) is 0 Å². The van der Waals surface area contributed by atoms with E-state index < -0.39 is 0 Å². The molecule has 3 aromatic carbocycles. The molecule has 51 heavy (non-hydrogen) atoms. The number of hydrogen-bond acceptors (Lipinski definition) is 6. The summed E-state index contributed by atoms with van der Waals surface area (Å²) in [6.07, 6.45) is 4.75. The smallest absolute Gasteiger partial charge is 0.256 e. The molecule has 3 atom stereocenters. The number of pyridine rings is 1. The average Bonchev–Trinajstić information content (AvgIpc) is 3.09. The van der Waals surface area contributed by atoms with Crippen LogP contribution in [0.4, 0.5) is 5.69 Å². The van der Waals surface area contributed by atoms with Crippen LogP contribution in [0.2, 0.25) is 0 Å².